The van der Waals surface area contributed by atoms with Crippen molar-refractivity contribution in [1.29, 1.82) is 0 Å². The molecule has 0 aromatic heterocycles. The van der Waals surface area contributed by atoms with Gasteiger partial charge in [0.15, 0.2) is 0 Å². The van der Waals surface area contributed by atoms with E-state index in [4.69, 9.17) is 0 Å². The van der Waals surface area contributed by atoms with E-state index in [0.717, 1.165) is 18.4 Å². The lowest BCUT2D eigenvalue weighted by Crippen LogP contribution is -2.47. The Hall–Kier alpha value is -0.340. The monoisotopic (exact) mass is 182 g/mol. The first-order chi connectivity index (χ1) is 6.09. The van der Waals surface area contributed by atoms with E-state index in [1.807, 2.05) is 0 Å². The van der Waals surface area contributed by atoms with E-state index in [2.05, 4.69) is 37.7 Å². The van der Waals surface area contributed by atoms with Crippen molar-refractivity contribution < 1.29 is 0 Å². The summed E-state index contributed by atoms with van der Waals surface area (Å²) in [5, 5.41) is 3.32. The highest BCUT2D eigenvalue weighted by Crippen LogP contribution is 2.16. The molecule has 1 unspecified atom stereocenters. The van der Waals surface area contributed by atoms with Crippen LogP contribution in [-0.2, 0) is 0 Å². The summed E-state index contributed by atoms with van der Waals surface area (Å²) >= 11 is 0. The Bertz CT molecular complexity index is 173. The summed E-state index contributed by atoms with van der Waals surface area (Å²) in [7, 11) is 2.18. The Morgan fingerprint density at radius 1 is 1.62 bits per heavy atom. The van der Waals surface area contributed by atoms with Crippen molar-refractivity contribution in [3.8, 4) is 0 Å². The van der Waals surface area contributed by atoms with Gasteiger partial charge >= 0.3 is 0 Å². The smallest absolute Gasteiger partial charge is 0.0184 e. The number of hydrogen-bond donors (Lipinski definition) is 1. The number of likely N-dealkylation sites (N-methyl/N-ethyl adjacent to an activating group) is 1. The quantitative estimate of drug-likeness (QED) is 0.646. The van der Waals surface area contributed by atoms with Gasteiger partial charge in [0, 0.05) is 13.1 Å². The molecule has 1 fully saturated rings. The lowest BCUT2D eigenvalue weighted by atomic mass is 9.88. The molecule has 2 heteroatoms. The second kappa shape index (κ2) is 4.77. The second-order valence-corrected chi connectivity index (χ2v) is 4.55. The first-order valence-corrected chi connectivity index (χ1v) is 5.13. The molecule has 0 bridgehead atoms. The van der Waals surface area contributed by atoms with Crippen LogP contribution in [0.3, 0.4) is 0 Å². The minimum absolute atomic E-state index is 0.811. The molecule has 1 atom stereocenters. The summed E-state index contributed by atoms with van der Waals surface area (Å²) in [5.41, 5.74) is 1.25. The van der Waals surface area contributed by atoms with Crippen LogP contribution in [0.4, 0.5) is 0 Å². The second-order valence-electron chi connectivity index (χ2n) is 4.55. The zero-order valence-electron chi connectivity index (χ0n) is 9.14. The van der Waals surface area contributed by atoms with Crippen LogP contribution in [0, 0.1) is 11.8 Å². The topological polar surface area (TPSA) is 15.3 Å². The van der Waals surface area contributed by atoms with E-state index in [0.29, 0.717) is 0 Å². The van der Waals surface area contributed by atoms with E-state index in [1.54, 1.807) is 0 Å². The van der Waals surface area contributed by atoms with Crippen molar-refractivity contribution in [2.45, 2.75) is 13.8 Å². The van der Waals surface area contributed by atoms with E-state index >= 15 is 0 Å². The molecule has 1 N–H and O–H groups in total. The van der Waals surface area contributed by atoms with Crippen LogP contribution in [0.5, 0.6) is 0 Å². The molecule has 0 aliphatic carbocycles. The molecule has 0 aromatic rings. The zero-order chi connectivity index (χ0) is 9.84. The molecule has 0 spiro atoms. The fourth-order valence-corrected chi connectivity index (χ4v) is 1.88. The zero-order valence-corrected chi connectivity index (χ0v) is 9.14. The van der Waals surface area contributed by atoms with Gasteiger partial charge in [-0.1, -0.05) is 19.1 Å². The van der Waals surface area contributed by atoms with Crippen molar-refractivity contribution in [2.75, 3.05) is 33.2 Å². The highest BCUT2D eigenvalue weighted by molar-refractivity contribution is 4.91. The third-order valence-electron chi connectivity index (χ3n) is 2.76. The maximum atomic E-state index is 3.93. The molecule has 2 nitrogen and oxygen atoms in total. The largest absolute Gasteiger partial charge is 0.316 e. The number of rotatable bonds is 5. The SMILES string of the molecule is C=C(C)CN(C)CC(C)C1CNC1. The van der Waals surface area contributed by atoms with Crippen molar-refractivity contribution in [2.24, 2.45) is 11.8 Å². The molecule has 1 saturated heterocycles. The molecule has 1 rings (SSSR count). The van der Waals surface area contributed by atoms with Crippen molar-refractivity contribution in [3.63, 3.8) is 0 Å². The number of nitrogens with one attached hydrogen (secondary N) is 1. The molecular formula is C11H22N2. The van der Waals surface area contributed by atoms with Gasteiger partial charge in [-0.15, -0.1) is 0 Å². The Balaban J connectivity index is 2.18. The average molecular weight is 182 g/mol. The molecule has 0 amide bonds. The van der Waals surface area contributed by atoms with Crippen molar-refractivity contribution in [3.05, 3.63) is 12.2 Å². The van der Waals surface area contributed by atoms with Crippen molar-refractivity contribution in [1.82, 2.24) is 10.2 Å². The Kier molecular flexibility index (Phi) is 3.94. The summed E-state index contributed by atoms with van der Waals surface area (Å²) in [6, 6.07) is 0. The highest BCUT2D eigenvalue weighted by Gasteiger charge is 2.23. The van der Waals surface area contributed by atoms with Gasteiger partial charge in [0.1, 0.15) is 0 Å². The summed E-state index contributed by atoms with van der Waals surface area (Å²) in [5.74, 6) is 1.71. The standard InChI is InChI=1S/C11H22N2/c1-9(2)7-13(4)8-10(3)11-5-12-6-11/h10-12H,1,5-8H2,2-4H3. The Labute approximate surface area is 82.0 Å². The number of nitrogens with zero attached hydrogens (tertiary/aromatic N) is 1. The van der Waals surface area contributed by atoms with Crippen LogP contribution in [0.2, 0.25) is 0 Å². The molecule has 1 aliphatic rings. The molecule has 0 radical (unpaired) electrons. The summed E-state index contributed by atoms with van der Waals surface area (Å²) < 4.78 is 0. The van der Waals surface area contributed by atoms with Crippen LogP contribution in [-0.4, -0.2) is 38.1 Å². The summed E-state index contributed by atoms with van der Waals surface area (Å²) in [6.07, 6.45) is 0. The molecule has 1 heterocycles. The highest BCUT2D eigenvalue weighted by atomic mass is 15.1. The predicted molar refractivity (Wildman–Crippen MR) is 57.8 cm³/mol. The van der Waals surface area contributed by atoms with Gasteiger partial charge in [-0.2, -0.15) is 0 Å². The van der Waals surface area contributed by atoms with Crippen molar-refractivity contribution >= 4 is 0 Å². The summed E-state index contributed by atoms with van der Waals surface area (Å²) in [4.78, 5) is 2.37. The predicted octanol–water partition coefficient (Wildman–Crippen LogP) is 1.35. The van der Waals surface area contributed by atoms with E-state index in [-0.39, 0.29) is 0 Å². The normalized spacial score (nSPS) is 20.0. The van der Waals surface area contributed by atoms with Gasteiger partial charge in [0.2, 0.25) is 0 Å². The third kappa shape index (κ3) is 3.49. The van der Waals surface area contributed by atoms with Crippen LogP contribution in [0.25, 0.3) is 0 Å². The molecule has 0 aromatic carbocycles. The fourth-order valence-electron chi connectivity index (χ4n) is 1.88. The maximum Gasteiger partial charge on any atom is 0.0184 e. The van der Waals surface area contributed by atoms with Gasteiger partial charge in [0.25, 0.3) is 0 Å². The van der Waals surface area contributed by atoms with E-state index in [1.165, 1.54) is 25.2 Å². The van der Waals surface area contributed by atoms with Gasteiger partial charge in [-0.05, 0) is 38.9 Å². The lowest BCUT2D eigenvalue weighted by molar-refractivity contribution is 0.193. The van der Waals surface area contributed by atoms with Crippen LogP contribution < -0.4 is 5.32 Å². The van der Waals surface area contributed by atoms with Crippen LogP contribution in [0.1, 0.15) is 13.8 Å². The maximum absolute atomic E-state index is 3.93. The molecule has 1 aliphatic heterocycles. The van der Waals surface area contributed by atoms with E-state index in [9.17, 15) is 0 Å². The molecule has 0 saturated carbocycles. The molecule has 76 valence electrons. The van der Waals surface area contributed by atoms with Gasteiger partial charge < -0.3 is 10.2 Å². The molecular weight excluding hydrogens is 160 g/mol. The van der Waals surface area contributed by atoms with Gasteiger partial charge in [-0.25, -0.2) is 0 Å². The first-order valence-electron chi connectivity index (χ1n) is 5.13. The van der Waals surface area contributed by atoms with Gasteiger partial charge in [0.05, 0.1) is 0 Å². The average Bonchev–Trinajstić information content (AvgIpc) is 1.78. The van der Waals surface area contributed by atoms with Crippen LogP contribution in [0.15, 0.2) is 12.2 Å². The van der Waals surface area contributed by atoms with Gasteiger partial charge in [-0.3, -0.25) is 0 Å². The van der Waals surface area contributed by atoms with E-state index < -0.39 is 0 Å². The Morgan fingerprint density at radius 2 is 2.23 bits per heavy atom. The minimum Gasteiger partial charge on any atom is -0.316 e. The fraction of sp³-hybridized carbons (Fsp3) is 0.818. The lowest BCUT2D eigenvalue weighted by Gasteiger charge is -2.34. The third-order valence-corrected chi connectivity index (χ3v) is 2.76. The summed E-state index contributed by atoms with van der Waals surface area (Å²) in [6.45, 7) is 13.0. The minimum atomic E-state index is 0.811. The molecule has 13 heavy (non-hydrogen) atoms. The number of hydrogen-bond acceptors (Lipinski definition) is 2. The Morgan fingerprint density at radius 3 is 2.62 bits per heavy atom. The first kappa shape index (κ1) is 10.7. The van der Waals surface area contributed by atoms with Crippen LogP contribution >= 0.6 is 0 Å².